The molecule has 1 saturated carbocycles. The minimum Gasteiger partial charge on any atom is -0.504 e. The summed E-state index contributed by atoms with van der Waals surface area (Å²) in [6.07, 6.45) is 11.6. The summed E-state index contributed by atoms with van der Waals surface area (Å²) < 4.78 is 8.19. The van der Waals surface area contributed by atoms with Crippen LogP contribution in [0.1, 0.15) is 73.7 Å². The predicted octanol–water partition coefficient (Wildman–Crippen LogP) is 5.29. The van der Waals surface area contributed by atoms with Crippen molar-refractivity contribution in [1.29, 1.82) is 10.7 Å². The van der Waals surface area contributed by atoms with Crippen molar-refractivity contribution in [3.8, 4) is 29.2 Å². The molecule has 44 heavy (non-hydrogen) atoms. The Kier molecular flexibility index (Phi) is 7.10. The van der Waals surface area contributed by atoms with Crippen molar-refractivity contribution in [3.05, 3.63) is 58.3 Å². The van der Waals surface area contributed by atoms with Gasteiger partial charge in [-0.15, -0.1) is 11.3 Å². The number of hydrogen-bond acceptors (Lipinski definition) is 11. The lowest BCUT2D eigenvalue weighted by Gasteiger charge is -2.42. The molecule has 2 fully saturated rings. The van der Waals surface area contributed by atoms with Crippen molar-refractivity contribution in [2.75, 3.05) is 19.3 Å². The van der Waals surface area contributed by atoms with E-state index in [0.29, 0.717) is 45.8 Å². The van der Waals surface area contributed by atoms with Crippen LogP contribution in [0.3, 0.4) is 0 Å². The Morgan fingerprint density at radius 1 is 1.27 bits per heavy atom. The first-order valence-corrected chi connectivity index (χ1v) is 16.0. The van der Waals surface area contributed by atoms with Gasteiger partial charge in [-0.1, -0.05) is 0 Å². The number of likely N-dealkylation sites (tertiary alicyclic amines) is 1. The van der Waals surface area contributed by atoms with Crippen LogP contribution in [0.15, 0.2) is 36.4 Å². The van der Waals surface area contributed by atoms with Crippen LogP contribution in [0.25, 0.3) is 23.0 Å². The van der Waals surface area contributed by atoms with E-state index in [1.807, 2.05) is 13.0 Å². The molecular formula is C32H35N9O2S. The molecule has 2 aliphatic carbocycles. The Labute approximate surface area is 259 Å². The SMILES string of the molecule is C[C@H](Oc1cc(-n2cncc3ccnc2-3)nc(/C(O)=C2\CCC[C@@]3(CCCc4sc(N)c(C#N)c43)C2=N)n1)[C@@H]1CCCN1C. The van der Waals surface area contributed by atoms with Crippen LogP contribution < -0.4 is 10.5 Å². The fourth-order valence-corrected chi connectivity index (χ4v) is 8.65. The maximum absolute atomic E-state index is 11.9. The van der Waals surface area contributed by atoms with E-state index < -0.39 is 5.41 Å². The molecule has 7 rings (SSSR count). The normalized spacial score (nSPS) is 23.9. The first-order valence-electron chi connectivity index (χ1n) is 15.2. The lowest BCUT2D eigenvalue weighted by atomic mass is 9.60. The summed E-state index contributed by atoms with van der Waals surface area (Å²) in [5, 5.41) is 31.9. The molecule has 0 amide bonds. The summed E-state index contributed by atoms with van der Waals surface area (Å²) >= 11 is 1.46. The molecule has 4 N–H and O–H groups in total. The highest BCUT2D eigenvalue weighted by Crippen LogP contribution is 2.52. The smallest absolute Gasteiger partial charge is 0.219 e. The van der Waals surface area contributed by atoms with Crippen molar-refractivity contribution < 1.29 is 9.84 Å². The van der Waals surface area contributed by atoms with E-state index in [-0.39, 0.29) is 23.7 Å². The van der Waals surface area contributed by atoms with Crippen molar-refractivity contribution in [1.82, 2.24) is 29.4 Å². The Balaban J connectivity index is 1.34. The minimum absolute atomic E-state index is 0.0821. The van der Waals surface area contributed by atoms with Gasteiger partial charge < -0.3 is 21.0 Å². The Morgan fingerprint density at radius 2 is 2.09 bits per heavy atom. The molecule has 11 nitrogen and oxygen atoms in total. The number of thiophene rings is 1. The first-order chi connectivity index (χ1) is 21.3. The number of aliphatic hydroxyl groups excluding tert-OH is 1. The van der Waals surface area contributed by atoms with Gasteiger partial charge in [-0.25, -0.2) is 15.0 Å². The van der Waals surface area contributed by atoms with E-state index in [2.05, 4.69) is 28.0 Å². The summed E-state index contributed by atoms with van der Waals surface area (Å²) in [6.45, 7) is 3.06. The zero-order valence-electron chi connectivity index (χ0n) is 24.9. The van der Waals surface area contributed by atoms with E-state index in [9.17, 15) is 15.8 Å². The molecule has 2 aromatic heterocycles. The van der Waals surface area contributed by atoms with E-state index in [0.717, 1.165) is 67.5 Å². The number of ether oxygens (including phenoxy) is 1. The standard InChI is InChI=1S/C32H35N9O2S/c1-18(22-7-5-13-40(22)2)43-25-14-24(41-17-36-16-19-9-12-37-31(19)41)38-30(39-25)27(42)20-6-3-10-32(28(20)34)11-4-8-23-26(32)21(15-33)29(35)44-23/h9,12,14,16-18,22,34,42H,3-8,10-11,13,35H2,1-2H3/b27-20-,34-28?/t18-,22-,32-/m0/s1. The summed E-state index contributed by atoms with van der Waals surface area (Å²) in [7, 11) is 2.11. The van der Waals surface area contributed by atoms with Gasteiger partial charge >= 0.3 is 0 Å². The average molecular weight is 610 g/mol. The molecule has 0 aromatic carbocycles. The van der Waals surface area contributed by atoms with Crippen LogP contribution >= 0.6 is 11.3 Å². The molecular weight excluding hydrogens is 574 g/mol. The molecule has 3 atom stereocenters. The molecule has 1 saturated heterocycles. The molecule has 0 radical (unpaired) electrons. The average Bonchev–Trinajstić information content (AvgIpc) is 3.76. The van der Waals surface area contributed by atoms with E-state index in [1.54, 1.807) is 29.4 Å². The van der Waals surface area contributed by atoms with Gasteiger partial charge in [0.2, 0.25) is 5.88 Å². The molecule has 0 unspecified atom stereocenters. The van der Waals surface area contributed by atoms with Gasteiger partial charge in [0.05, 0.1) is 5.56 Å². The number of nitriles is 1. The first kappa shape index (κ1) is 28.4. The summed E-state index contributed by atoms with van der Waals surface area (Å²) in [4.78, 5) is 21.7. The van der Waals surface area contributed by atoms with E-state index in [1.165, 1.54) is 11.3 Å². The number of aromatic nitrogens is 5. The van der Waals surface area contributed by atoms with Gasteiger partial charge in [-0.3, -0.25) is 9.47 Å². The maximum atomic E-state index is 11.9. The van der Waals surface area contributed by atoms with Crippen LogP contribution in [-0.2, 0) is 11.8 Å². The third-order valence-corrected chi connectivity index (χ3v) is 10.7. The predicted molar refractivity (Wildman–Crippen MR) is 169 cm³/mol. The number of aliphatic hydroxyl groups is 1. The molecule has 226 valence electrons. The molecule has 5 aliphatic rings. The number of likely N-dealkylation sites (N-methyl/N-ethyl adjacent to an activating group) is 1. The summed E-state index contributed by atoms with van der Waals surface area (Å²) in [5.74, 6) is 1.39. The third-order valence-electron chi connectivity index (χ3n) is 9.61. The second-order valence-corrected chi connectivity index (χ2v) is 13.3. The molecule has 1 spiro atoms. The Morgan fingerprint density at radius 3 is 2.86 bits per heavy atom. The lowest BCUT2D eigenvalue weighted by molar-refractivity contribution is 0.116. The number of fused-ring (bicyclic) bond motifs is 3. The third kappa shape index (κ3) is 4.53. The second-order valence-electron chi connectivity index (χ2n) is 12.1. The number of anilines is 1. The maximum Gasteiger partial charge on any atom is 0.219 e. The zero-order valence-corrected chi connectivity index (χ0v) is 25.7. The Hall–Kier alpha value is -4.34. The number of rotatable bonds is 5. The highest BCUT2D eigenvalue weighted by molar-refractivity contribution is 7.16. The number of nitrogen functional groups attached to an aromatic ring is 1. The number of allylic oxidation sites excluding steroid dienone is 1. The number of nitrogens with one attached hydrogen (secondary N) is 1. The lowest BCUT2D eigenvalue weighted by Crippen LogP contribution is -2.42. The highest BCUT2D eigenvalue weighted by Gasteiger charge is 2.47. The largest absolute Gasteiger partial charge is 0.504 e. The second kappa shape index (κ2) is 11.0. The number of nitrogens with zero attached hydrogens (tertiary/aromatic N) is 7. The van der Waals surface area contributed by atoms with Gasteiger partial charge in [0, 0.05) is 51.6 Å². The molecule has 2 aromatic rings. The van der Waals surface area contributed by atoms with Gasteiger partial charge in [-0.05, 0) is 83.5 Å². The fourth-order valence-electron chi connectivity index (χ4n) is 7.49. The quantitative estimate of drug-likeness (QED) is 0.255. The number of nitrogens with two attached hydrogens (primary N) is 1. The van der Waals surface area contributed by atoms with Gasteiger partial charge in [0.15, 0.2) is 11.6 Å². The van der Waals surface area contributed by atoms with Crippen LogP contribution in [0, 0.1) is 16.7 Å². The van der Waals surface area contributed by atoms with Crippen LogP contribution in [0.2, 0.25) is 0 Å². The topological polar surface area (TPSA) is 163 Å². The van der Waals surface area contributed by atoms with Crippen LogP contribution in [-0.4, -0.2) is 66.0 Å². The molecule has 3 aliphatic heterocycles. The fraction of sp³-hybridized carbons (Fsp3) is 0.438. The van der Waals surface area contributed by atoms with Crippen molar-refractivity contribution in [2.45, 2.75) is 75.9 Å². The van der Waals surface area contributed by atoms with Crippen molar-refractivity contribution >= 4 is 27.8 Å². The van der Waals surface area contributed by atoms with Gasteiger partial charge in [0.1, 0.15) is 35.1 Å². The summed E-state index contributed by atoms with van der Waals surface area (Å²) in [6, 6.07) is 6.19. The van der Waals surface area contributed by atoms with Gasteiger partial charge in [0.25, 0.3) is 0 Å². The Bertz CT molecular complexity index is 1800. The highest BCUT2D eigenvalue weighted by atomic mass is 32.1. The van der Waals surface area contributed by atoms with Crippen LogP contribution in [0.5, 0.6) is 5.88 Å². The molecule has 12 heteroatoms. The minimum atomic E-state index is -0.670. The van der Waals surface area contributed by atoms with Gasteiger partial charge in [-0.2, -0.15) is 10.2 Å². The monoisotopic (exact) mass is 609 g/mol. The zero-order chi connectivity index (χ0) is 30.6. The molecule has 5 heterocycles. The number of aryl methyl sites for hydroxylation is 1. The summed E-state index contributed by atoms with van der Waals surface area (Å²) in [5.41, 5.74) is 8.65. The van der Waals surface area contributed by atoms with E-state index >= 15 is 0 Å². The van der Waals surface area contributed by atoms with Crippen LogP contribution in [0.4, 0.5) is 5.00 Å². The van der Waals surface area contributed by atoms with E-state index in [4.69, 9.17) is 20.4 Å². The van der Waals surface area contributed by atoms with Crippen molar-refractivity contribution in [3.63, 3.8) is 0 Å². The van der Waals surface area contributed by atoms with Crippen molar-refractivity contribution in [2.24, 2.45) is 0 Å². The number of hydrogen-bond donors (Lipinski definition) is 3. The molecule has 0 bridgehead atoms.